The zero-order valence-corrected chi connectivity index (χ0v) is 18.9. The molecule has 0 spiro atoms. The number of aryl methyl sites for hydroxylation is 1. The highest BCUT2D eigenvalue weighted by Gasteiger charge is 2.43. The van der Waals surface area contributed by atoms with Crippen LogP contribution in [0.1, 0.15) is 61.2 Å². The fraction of sp³-hybridized carbons (Fsp3) is 0.458. The van der Waals surface area contributed by atoms with Gasteiger partial charge in [-0.25, -0.2) is 9.97 Å². The molecule has 2 aliphatic rings. The standard InChI is InChI=1S/C24H26F2N4O4/c1-12(15-4-3-5-17-19(15)34-11-24(17,25)26)27-20-16-10-18(23(33)8-6-14(31)7-9-23)22(32)30-21(16)29-13(2)28-20/h3-5,10,12,14,31,33H,6-9,11H2,1-2H3,(H2,27,28,29,30,32)/t12-,14?,23?/m1/s1. The first kappa shape index (κ1) is 22.7. The summed E-state index contributed by atoms with van der Waals surface area (Å²) in [5.74, 6) is -2.08. The van der Waals surface area contributed by atoms with E-state index in [4.69, 9.17) is 4.74 Å². The Balaban J connectivity index is 1.55. The minimum Gasteiger partial charge on any atom is -0.486 e. The van der Waals surface area contributed by atoms with Gasteiger partial charge in [0.1, 0.15) is 23.0 Å². The average molecular weight is 472 g/mol. The lowest BCUT2D eigenvalue weighted by Crippen LogP contribution is -2.38. The van der Waals surface area contributed by atoms with Crippen LogP contribution in [0.25, 0.3) is 11.0 Å². The van der Waals surface area contributed by atoms with E-state index in [1.54, 1.807) is 32.0 Å². The molecule has 4 N–H and O–H groups in total. The molecule has 10 heteroatoms. The monoisotopic (exact) mass is 472 g/mol. The first-order chi connectivity index (χ1) is 16.1. The van der Waals surface area contributed by atoms with Crippen LogP contribution in [0.2, 0.25) is 0 Å². The van der Waals surface area contributed by atoms with Crippen LogP contribution >= 0.6 is 0 Å². The topological polar surface area (TPSA) is 120 Å². The first-order valence-corrected chi connectivity index (χ1v) is 11.3. The van der Waals surface area contributed by atoms with E-state index in [2.05, 4.69) is 20.3 Å². The Morgan fingerprint density at radius 2 is 1.97 bits per heavy atom. The number of pyridine rings is 1. The van der Waals surface area contributed by atoms with Gasteiger partial charge in [-0.3, -0.25) is 4.79 Å². The van der Waals surface area contributed by atoms with Crippen molar-refractivity contribution in [2.24, 2.45) is 0 Å². The molecule has 0 saturated heterocycles. The molecule has 5 rings (SSSR count). The fourth-order valence-corrected chi connectivity index (χ4v) is 4.87. The second kappa shape index (κ2) is 7.99. The van der Waals surface area contributed by atoms with E-state index in [-0.39, 0.29) is 29.7 Å². The minimum atomic E-state index is -3.04. The summed E-state index contributed by atoms with van der Waals surface area (Å²) in [6, 6.07) is 5.78. The first-order valence-electron chi connectivity index (χ1n) is 11.3. The van der Waals surface area contributed by atoms with E-state index in [9.17, 15) is 23.8 Å². The van der Waals surface area contributed by atoms with Gasteiger partial charge in [-0.15, -0.1) is 0 Å². The van der Waals surface area contributed by atoms with Crippen molar-refractivity contribution in [3.63, 3.8) is 0 Å². The van der Waals surface area contributed by atoms with Gasteiger partial charge in [-0.1, -0.05) is 12.1 Å². The Bertz CT molecular complexity index is 1320. The van der Waals surface area contributed by atoms with Gasteiger partial charge in [0.05, 0.1) is 28.7 Å². The van der Waals surface area contributed by atoms with Crippen molar-refractivity contribution in [1.82, 2.24) is 15.0 Å². The van der Waals surface area contributed by atoms with Gasteiger partial charge in [-0.05, 0) is 51.7 Å². The highest BCUT2D eigenvalue weighted by molar-refractivity contribution is 5.87. The van der Waals surface area contributed by atoms with Crippen molar-refractivity contribution in [2.75, 3.05) is 11.9 Å². The smallest absolute Gasteiger partial charge is 0.310 e. The average Bonchev–Trinajstić information content (AvgIpc) is 3.10. The summed E-state index contributed by atoms with van der Waals surface area (Å²) >= 11 is 0. The van der Waals surface area contributed by atoms with E-state index in [1.165, 1.54) is 6.07 Å². The fourth-order valence-electron chi connectivity index (χ4n) is 4.87. The molecule has 0 unspecified atom stereocenters. The number of para-hydroxylation sites is 1. The van der Waals surface area contributed by atoms with Crippen molar-refractivity contribution >= 4 is 16.9 Å². The van der Waals surface area contributed by atoms with E-state index in [1.807, 2.05) is 0 Å². The van der Waals surface area contributed by atoms with Gasteiger partial charge in [0.2, 0.25) is 0 Å². The number of aliphatic hydroxyl groups is 2. The number of alkyl halides is 2. The number of aromatic amines is 1. The summed E-state index contributed by atoms with van der Waals surface area (Å²) in [5.41, 5.74) is -0.900. The number of hydrogen-bond acceptors (Lipinski definition) is 7. The second-order valence-electron chi connectivity index (χ2n) is 9.24. The Kier molecular flexibility index (Phi) is 5.33. The van der Waals surface area contributed by atoms with Gasteiger partial charge < -0.3 is 25.3 Å². The van der Waals surface area contributed by atoms with E-state index in [0.29, 0.717) is 41.1 Å². The van der Waals surface area contributed by atoms with Crippen LogP contribution in [-0.2, 0) is 11.5 Å². The maximum Gasteiger partial charge on any atom is 0.310 e. The Morgan fingerprint density at radius 3 is 2.71 bits per heavy atom. The maximum absolute atomic E-state index is 14.1. The molecule has 1 aromatic carbocycles. The van der Waals surface area contributed by atoms with Gasteiger partial charge >= 0.3 is 5.92 Å². The van der Waals surface area contributed by atoms with Crippen LogP contribution in [0.15, 0.2) is 29.1 Å². The Morgan fingerprint density at radius 1 is 1.24 bits per heavy atom. The van der Waals surface area contributed by atoms with Crippen molar-refractivity contribution in [3.05, 3.63) is 57.1 Å². The van der Waals surface area contributed by atoms with Crippen LogP contribution in [0.5, 0.6) is 5.75 Å². The number of aliphatic hydroxyl groups excluding tert-OH is 1. The summed E-state index contributed by atoms with van der Waals surface area (Å²) in [6.07, 6.45) is 0.812. The minimum absolute atomic E-state index is 0.143. The predicted octanol–water partition coefficient (Wildman–Crippen LogP) is 3.41. The zero-order chi connectivity index (χ0) is 24.3. The lowest BCUT2D eigenvalue weighted by atomic mass is 9.79. The molecule has 0 radical (unpaired) electrons. The highest BCUT2D eigenvalue weighted by atomic mass is 19.3. The molecule has 1 atom stereocenters. The van der Waals surface area contributed by atoms with Crippen LogP contribution in [0, 0.1) is 6.92 Å². The number of fused-ring (bicyclic) bond motifs is 2. The zero-order valence-electron chi connectivity index (χ0n) is 18.9. The molecule has 1 aliphatic carbocycles. The third-order valence-corrected chi connectivity index (χ3v) is 6.76. The molecule has 180 valence electrons. The highest BCUT2D eigenvalue weighted by Crippen LogP contribution is 2.45. The number of aromatic nitrogens is 3. The van der Waals surface area contributed by atoms with Crippen LogP contribution < -0.4 is 15.6 Å². The third kappa shape index (κ3) is 3.80. The number of halogens is 2. The SMILES string of the molecule is Cc1nc(N[C@H](C)c2cccc3c2OCC3(F)F)c2cc(C3(O)CCC(O)CC3)c(=O)[nH]c2n1. The van der Waals surface area contributed by atoms with Crippen molar-refractivity contribution in [1.29, 1.82) is 0 Å². The van der Waals surface area contributed by atoms with Crippen molar-refractivity contribution in [3.8, 4) is 5.75 Å². The van der Waals surface area contributed by atoms with E-state index in [0.717, 1.165) is 0 Å². The number of ether oxygens (including phenoxy) is 1. The molecule has 0 bridgehead atoms. The number of rotatable bonds is 4. The molecule has 3 heterocycles. The molecular formula is C24H26F2N4O4. The lowest BCUT2D eigenvalue weighted by molar-refractivity contribution is -0.0369. The molecule has 1 aliphatic heterocycles. The summed E-state index contributed by atoms with van der Waals surface area (Å²) in [5, 5.41) is 24.7. The number of hydrogen-bond donors (Lipinski definition) is 4. The van der Waals surface area contributed by atoms with Gasteiger partial charge in [-0.2, -0.15) is 8.78 Å². The molecule has 34 heavy (non-hydrogen) atoms. The number of anilines is 1. The molecule has 1 fully saturated rings. The summed E-state index contributed by atoms with van der Waals surface area (Å²) in [4.78, 5) is 24.4. The number of H-pyrrole nitrogens is 1. The third-order valence-electron chi connectivity index (χ3n) is 6.76. The normalized spacial score (nSPS) is 24.5. The Hall–Kier alpha value is -3.11. The van der Waals surface area contributed by atoms with E-state index < -0.39 is 35.8 Å². The molecule has 8 nitrogen and oxygen atoms in total. The molecular weight excluding hydrogens is 446 g/mol. The summed E-state index contributed by atoms with van der Waals surface area (Å²) in [6.45, 7) is 2.79. The van der Waals surface area contributed by atoms with Crippen molar-refractivity contribution < 1.29 is 23.7 Å². The maximum atomic E-state index is 14.1. The molecule has 1 saturated carbocycles. The lowest BCUT2D eigenvalue weighted by Gasteiger charge is -2.34. The van der Waals surface area contributed by atoms with Gasteiger partial charge in [0, 0.05) is 11.1 Å². The predicted molar refractivity (Wildman–Crippen MR) is 121 cm³/mol. The van der Waals surface area contributed by atoms with Crippen LogP contribution in [0.4, 0.5) is 14.6 Å². The Labute approximate surface area is 194 Å². The van der Waals surface area contributed by atoms with E-state index >= 15 is 0 Å². The summed E-state index contributed by atoms with van der Waals surface area (Å²) in [7, 11) is 0. The quantitative estimate of drug-likeness (QED) is 0.459. The van der Waals surface area contributed by atoms with Gasteiger partial charge in [0.25, 0.3) is 5.56 Å². The summed E-state index contributed by atoms with van der Waals surface area (Å²) < 4.78 is 33.6. The van der Waals surface area contributed by atoms with Gasteiger partial charge in [0.15, 0.2) is 6.61 Å². The molecule has 0 amide bonds. The van der Waals surface area contributed by atoms with Crippen molar-refractivity contribution in [2.45, 2.75) is 63.2 Å². The van der Waals surface area contributed by atoms with Crippen LogP contribution in [0.3, 0.4) is 0 Å². The van der Waals surface area contributed by atoms with Crippen LogP contribution in [-0.4, -0.2) is 37.9 Å². The number of nitrogens with zero attached hydrogens (tertiary/aromatic N) is 2. The molecule has 3 aromatic rings. The second-order valence-corrected chi connectivity index (χ2v) is 9.24. The number of benzene rings is 1. The number of nitrogens with one attached hydrogen (secondary N) is 2. The molecule has 2 aromatic heterocycles. The largest absolute Gasteiger partial charge is 0.486 e.